The SMILES string of the molecule is CC1CCCC1CNc1ncc(Cl)cc1F. The van der Waals surface area contributed by atoms with Crippen LogP contribution in [0, 0.1) is 17.7 Å². The molecule has 0 aromatic carbocycles. The maximum Gasteiger partial charge on any atom is 0.166 e. The highest BCUT2D eigenvalue weighted by Crippen LogP contribution is 2.31. The Labute approximate surface area is 100 Å². The Bertz CT molecular complexity index is 370. The Balaban J connectivity index is 1.94. The molecule has 0 saturated heterocycles. The summed E-state index contributed by atoms with van der Waals surface area (Å²) in [6, 6.07) is 1.29. The molecule has 1 saturated carbocycles. The normalized spacial score (nSPS) is 24.7. The van der Waals surface area contributed by atoms with Gasteiger partial charge in [0.05, 0.1) is 5.02 Å². The van der Waals surface area contributed by atoms with Gasteiger partial charge in [-0.05, 0) is 24.3 Å². The molecule has 1 fully saturated rings. The molecule has 0 spiro atoms. The summed E-state index contributed by atoms with van der Waals surface area (Å²) in [4.78, 5) is 3.95. The van der Waals surface area contributed by atoms with E-state index in [1.807, 2.05) is 0 Å². The second-order valence-electron chi connectivity index (χ2n) is 4.53. The molecule has 4 heteroatoms. The van der Waals surface area contributed by atoms with Gasteiger partial charge in [-0.1, -0.05) is 31.4 Å². The summed E-state index contributed by atoms with van der Waals surface area (Å²) in [5.74, 6) is 1.29. The lowest BCUT2D eigenvalue weighted by Crippen LogP contribution is -2.17. The number of pyridine rings is 1. The van der Waals surface area contributed by atoms with Crippen molar-refractivity contribution in [3.63, 3.8) is 0 Å². The molecule has 88 valence electrons. The number of rotatable bonds is 3. The molecule has 0 bridgehead atoms. The summed E-state index contributed by atoms with van der Waals surface area (Å²) < 4.78 is 13.4. The third-order valence-electron chi connectivity index (χ3n) is 3.38. The second-order valence-corrected chi connectivity index (χ2v) is 4.97. The lowest BCUT2D eigenvalue weighted by molar-refractivity contribution is 0.438. The first-order chi connectivity index (χ1) is 7.66. The Kier molecular flexibility index (Phi) is 3.64. The Morgan fingerprint density at radius 1 is 1.56 bits per heavy atom. The van der Waals surface area contributed by atoms with Crippen molar-refractivity contribution in [3.05, 3.63) is 23.1 Å². The van der Waals surface area contributed by atoms with Crippen molar-refractivity contribution in [1.29, 1.82) is 0 Å². The Hall–Kier alpha value is -0.830. The number of aromatic nitrogens is 1. The molecule has 1 aromatic rings. The zero-order chi connectivity index (χ0) is 11.5. The van der Waals surface area contributed by atoms with E-state index >= 15 is 0 Å². The van der Waals surface area contributed by atoms with Crippen LogP contribution in [0.5, 0.6) is 0 Å². The van der Waals surface area contributed by atoms with Crippen LogP contribution in [0.2, 0.25) is 5.02 Å². The van der Waals surface area contributed by atoms with Gasteiger partial charge in [0.15, 0.2) is 11.6 Å². The highest BCUT2D eigenvalue weighted by Gasteiger charge is 2.23. The molecule has 2 nitrogen and oxygen atoms in total. The molecule has 1 aliphatic rings. The number of hydrogen-bond donors (Lipinski definition) is 1. The summed E-state index contributed by atoms with van der Waals surface area (Å²) in [6.07, 6.45) is 5.25. The van der Waals surface area contributed by atoms with E-state index in [9.17, 15) is 4.39 Å². The molecule has 16 heavy (non-hydrogen) atoms. The number of anilines is 1. The molecule has 2 atom stereocenters. The van der Waals surface area contributed by atoms with Crippen LogP contribution in [-0.2, 0) is 0 Å². The van der Waals surface area contributed by atoms with E-state index < -0.39 is 0 Å². The predicted octanol–water partition coefficient (Wildman–Crippen LogP) is 3.72. The first kappa shape index (κ1) is 11.6. The van der Waals surface area contributed by atoms with E-state index in [-0.39, 0.29) is 5.82 Å². The molecule has 0 aliphatic heterocycles. The van der Waals surface area contributed by atoms with E-state index in [0.29, 0.717) is 16.8 Å². The van der Waals surface area contributed by atoms with Crippen molar-refractivity contribution in [2.75, 3.05) is 11.9 Å². The van der Waals surface area contributed by atoms with Crippen molar-refractivity contribution in [2.24, 2.45) is 11.8 Å². The molecule has 1 heterocycles. The van der Waals surface area contributed by atoms with Gasteiger partial charge in [0, 0.05) is 12.7 Å². The van der Waals surface area contributed by atoms with Crippen molar-refractivity contribution in [2.45, 2.75) is 26.2 Å². The van der Waals surface area contributed by atoms with Crippen LogP contribution < -0.4 is 5.32 Å². The lowest BCUT2D eigenvalue weighted by Gasteiger charge is -2.16. The lowest BCUT2D eigenvalue weighted by atomic mass is 9.98. The fraction of sp³-hybridized carbons (Fsp3) is 0.583. The molecule has 0 amide bonds. The van der Waals surface area contributed by atoms with Crippen molar-refractivity contribution in [1.82, 2.24) is 4.98 Å². The number of nitrogens with zero attached hydrogens (tertiary/aromatic N) is 1. The van der Waals surface area contributed by atoms with Crippen LogP contribution in [0.3, 0.4) is 0 Å². The number of nitrogens with one attached hydrogen (secondary N) is 1. The standard InChI is InChI=1S/C12H16ClFN2/c1-8-3-2-4-9(8)6-15-12-11(14)5-10(13)7-16-12/h5,7-9H,2-4,6H2,1H3,(H,15,16). The van der Waals surface area contributed by atoms with Gasteiger partial charge in [-0.2, -0.15) is 0 Å². The van der Waals surface area contributed by atoms with Crippen LogP contribution in [0.15, 0.2) is 12.3 Å². The van der Waals surface area contributed by atoms with Gasteiger partial charge in [0.1, 0.15) is 0 Å². The van der Waals surface area contributed by atoms with Gasteiger partial charge in [-0.25, -0.2) is 9.37 Å². The van der Waals surface area contributed by atoms with Crippen LogP contribution in [0.25, 0.3) is 0 Å². The van der Waals surface area contributed by atoms with E-state index in [0.717, 1.165) is 12.5 Å². The number of halogens is 2. The van der Waals surface area contributed by atoms with E-state index in [1.165, 1.54) is 31.5 Å². The zero-order valence-corrected chi connectivity index (χ0v) is 10.1. The van der Waals surface area contributed by atoms with E-state index in [1.54, 1.807) is 0 Å². The van der Waals surface area contributed by atoms with Gasteiger partial charge in [-0.15, -0.1) is 0 Å². The van der Waals surface area contributed by atoms with E-state index in [4.69, 9.17) is 11.6 Å². The maximum atomic E-state index is 13.4. The van der Waals surface area contributed by atoms with Gasteiger partial charge in [0.25, 0.3) is 0 Å². The second kappa shape index (κ2) is 5.00. The van der Waals surface area contributed by atoms with Gasteiger partial charge < -0.3 is 5.32 Å². The third-order valence-corrected chi connectivity index (χ3v) is 3.59. The molecule has 2 rings (SSSR count). The quantitative estimate of drug-likeness (QED) is 0.874. The van der Waals surface area contributed by atoms with Crippen molar-refractivity contribution in [3.8, 4) is 0 Å². The maximum absolute atomic E-state index is 13.4. The van der Waals surface area contributed by atoms with Crippen molar-refractivity contribution < 1.29 is 4.39 Å². The third kappa shape index (κ3) is 2.64. The van der Waals surface area contributed by atoms with Gasteiger partial charge in [-0.3, -0.25) is 0 Å². The summed E-state index contributed by atoms with van der Waals surface area (Å²) >= 11 is 5.64. The zero-order valence-electron chi connectivity index (χ0n) is 9.34. The molecular formula is C12H16ClFN2. The minimum Gasteiger partial charge on any atom is -0.367 e. The average molecular weight is 243 g/mol. The largest absolute Gasteiger partial charge is 0.367 e. The van der Waals surface area contributed by atoms with Gasteiger partial charge >= 0.3 is 0 Å². The topological polar surface area (TPSA) is 24.9 Å². The summed E-state index contributed by atoms with van der Waals surface area (Å²) in [7, 11) is 0. The van der Waals surface area contributed by atoms with Crippen molar-refractivity contribution >= 4 is 17.4 Å². The first-order valence-electron chi connectivity index (χ1n) is 5.71. The van der Waals surface area contributed by atoms with Crippen LogP contribution in [-0.4, -0.2) is 11.5 Å². The minimum atomic E-state index is -0.377. The predicted molar refractivity (Wildman–Crippen MR) is 64.2 cm³/mol. The Morgan fingerprint density at radius 2 is 2.38 bits per heavy atom. The molecule has 0 radical (unpaired) electrons. The molecule has 1 N–H and O–H groups in total. The highest BCUT2D eigenvalue weighted by molar-refractivity contribution is 6.30. The summed E-state index contributed by atoms with van der Waals surface area (Å²) in [5.41, 5.74) is 0. The Morgan fingerprint density at radius 3 is 3.00 bits per heavy atom. The molecule has 2 unspecified atom stereocenters. The monoisotopic (exact) mass is 242 g/mol. The molecule has 1 aliphatic carbocycles. The fourth-order valence-corrected chi connectivity index (χ4v) is 2.44. The minimum absolute atomic E-state index is 0.309. The number of hydrogen-bond acceptors (Lipinski definition) is 2. The smallest absolute Gasteiger partial charge is 0.166 e. The summed E-state index contributed by atoms with van der Waals surface area (Å²) in [6.45, 7) is 3.05. The van der Waals surface area contributed by atoms with Gasteiger partial charge in [0.2, 0.25) is 0 Å². The highest BCUT2D eigenvalue weighted by atomic mass is 35.5. The first-order valence-corrected chi connectivity index (χ1v) is 6.09. The average Bonchev–Trinajstić information content (AvgIpc) is 2.63. The summed E-state index contributed by atoms with van der Waals surface area (Å²) in [5, 5.41) is 3.40. The fourth-order valence-electron chi connectivity index (χ4n) is 2.30. The van der Waals surface area contributed by atoms with Crippen LogP contribution in [0.1, 0.15) is 26.2 Å². The molecule has 1 aromatic heterocycles. The van der Waals surface area contributed by atoms with Crippen LogP contribution in [0.4, 0.5) is 10.2 Å². The van der Waals surface area contributed by atoms with E-state index in [2.05, 4.69) is 17.2 Å². The molecular weight excluding hydrogens is 227 g/mol. The van der Waals surface area contributed by atoms with Crippen LogP contribution >= 0.6 is 11.6 Å².